The summed E-state index contributed by atoms with van der Waals surface area (Å²) in [6.07, 6.45) is 3.24. The van der Waals surface area contributed by atoms with Crippen LogP contribution >= 0.6 is 0 Å². The second-order valence-electron chi connectivity index (χ2n) is 6.64. The number of hydrogen-bond acceptors (Lipinski definition) is 4. The summed E-state index contributed by atoms with van der Waals surface area (Å²) in [6, 6.07) is 11.6. The standard InChI is InChI=1S/C19H21N3O2/c1-12-11-16(21-18(20-12)14-5-3-2-4-6-14)22-19(23)15-9-10-24-17(15)13-7-8-13/h2-6,11,13,15,17H,7-10H2,1H3,(H,20,21,22,23)/t15-,17+/m1/s1. The molecule has 124 valence electrons. The fourth-order valence-electron chi connectivity index (χ4n) is 3.35. The Bertz CT molecular complexity index is 744. The Morgan fingerprint density at radius 1 is 1.17 bits per heavy atom. The van der Waals surface area contributed by atoms with Gasteiger partial charge in [-0.15, -0.1) is 0 Å². The van der Waals surface area contributed by atoms with Crippen LogP contribution < -0.4 is 5.32 Å². The number of carbonyl (C=O) groups is 1. The van der Waals surface area contributed by atoms with E-state index in [4.69, 9.17) is 4.74 Å². The molecule has 2 fully saturated rings. The topological polar surface area (TPSA) is 64.1 Å². The normalized spacial score (nSPS) is 23.2. The first-order valence-electron chi connectivity index (χ1n) is 8.54. The van der Waals surface area contributed by atoms with E-state index < -0.39 is 0 Å². The van der Waals surface area contributed by atoms with Gasteiger partial charge in [-0.05, 0) is 32.1 Å². The van der Waals surface area contributed by atoms with Gasteiger partial charge in [0.05, 0.1) is 12.0 Å². The van der Waals surface area contributed by atoms with Gasteiger partial charge in [0.25, 0.3) is 0 Å². The van der Waals surface area contributed by atoms with E-state index in [9.17, 15) is 4.79 Å². The van der Waals surface area contributed by atoms with Gasteiger partial charge >= 0.3 is 0 Å². The summed E-state index contributed by atoms with van der Waals surface area (Å²) in [5, 5.41) is 2.98. The van der Waals surface area contributed by atoms with Gasteiger partial charge in [0, 0.05) is 23.9 Å². The second-order valence-corrected chi connectivity index (χ2v) is 6.64. The lowest BCUT2D eigenvalue weighted by Gasteiger charge is -2.17. The number of aryl methyl sites for hydroxylation is 1. The number of amides is 1. The third-order valence-corrected chi connectivity index (χ3v) is 4.70. The van der Waals surface area contributed by atoms with Gasteiger partial charge < -0.3 is 10.1 Å². The predicted molar refractivity (Wildman–Crippen MR) is 91.4 cm³/mol. The Hall–Kier alpha value is -2.27. The lowest BCUT2D eigenvalue weighted by atomic mass is 9.97. The maximum Gasteiger partial charge on any atom is 0.231 e. The molecule has 0 unspecified atom stereocenters. The third kappa shape index (κ3) is 3.17. The number of nitrogens with one attached hydrogen (secondary N) is 1. The summed E-state index contributed by atoms with van der Waals surface area (Å²) in [7, 11) is 0. The quantitative estimate of drug-likeness (QED) is 0.938. The minimum Gasteiger partial charge on any atom is -0.377 e. The molecule has 1 saturated heterocycles. The van der Waals surface area contributed by atoms with Crippen LogP contribution in [-0.2, 0) is 9.53 Å². The number of benzene rings is 1. The van der Waals surface area contributed by atoms with Crippen molar-refractivity contribution in [2.45, 2.75) is 32.3 Å². The Balaban J connectivity index is 1.54. The number of nitrogens with zero attached hydrogens (tertiary/aromatic N) is 2. The van der Waals surface area contributed by atoms with Crippen molar-refractivity contribution in [1.29, 1.82) is 0 Å². The summed E-state index contributed by atoms with van der Waals surface area (Å²) in [5.74, 6) is 1.71. The average Bonchev–Trinajstić information content (AvgIpc) is 3.31. The largest absolute Gasteiger partial charge is 0.377 e. The van der Waals surface area contributed by atoms with Gasteiger partial charge in [-0.3, -0.25) is 4.79 Å². The molecule has 5 heteroatoms. The lowest BCUT2D eigenvalue weighted by molar-refractivity contribution is -0.121. The fourth-order valence-corrected chi connectivity index (χ4v) is 3.35. The van der Waals surface area contributed by atoms with Crippen molar-refractivity contribution in [3.63, 3.8) is 0 Å². The molecule has 1 aliphatic carbocycles. The molecule has 2 aromatic rings. The van der Waals surface area contributed by atoms with E-state index in [0.29, 0.717) is 24.2 Å². The number of aromatic nitrogens is 2. The third-order valence-electron chi connectivity index (χ3n) is 4.70. The minimum absolute atomic E-state index is 0.0153. The molecule has 1 aromatic heterocycles. The first-order chi connectivity index (χ1) is 11.7. The van der Waals surface area contributed by atoms with Crippen LogP contribution in [0.1, 0.15) is 25.0 Å². The fraction of sp³-hybridized carbons (Fsp3) is 0.421. The van der Waals surface area contributed by atoms with Crippen molar-refractivity contribution in [1.82, 2.24) is 9.97 Å². The molecule has 1 amide bonds. The Labute approximate surface area is 141 Å². The van der Waals surface area contributed by atoms with Gasteiger partial charge in [0.15, 0.2) is 5.82 Å². The van der Waals surface area contributed by atoms with Crippen LogP contribution in [0.5, 0.6) is 0 Å². The van der Waals surface area contributed by atoms with Gasteiger partial charge in [0.2, 0.25) is 5.91 Å². The number of hydrogen-bond donors (Lipinski definition) is 1. The van der Waals surface area contributed by atoms with E-state index in [1.54, 1.807) is 0 Å². The molecule has 1 N–H and O–H groups in total. The van der Waals surface area contributed by atoms with Gasteiger partial charge in [-0.1, -0.05) is 30.3 Å². The van der Waals surface area contributed by atoms with E-state index in [0.717, 1.165) is 17.7 Å². The smallest absolute Gasteiger partial charge is 0.231 e. The zero-order valence-electron chi connectivity index (χ0n) is 13.7. The zero-order chi connectivity index (χ0) is 16.5. The summed E-state index contributed by atoms with van der Waals surface area (Å²) < 4.78 is 5.77. The van der Waals surface area contributed by atoms with Crippen molar-refractivity contribution in [2.75, 3.05) is 11.9 Å². The van der Waals surface area contributed by atoms with E-state index in [1.807, 2.05) is 43.3 Å². The highest BCUT2D eigenvalue weighted by atomic mass is 16.5. The summed E-state index contributed by atoms with van der Waals surface area (Å²) in [6.45, 7) is 2.59. The van der Waals surface area contributed by atoms with Crippen LogP contribution in [0, 0.1) is 18.8 Å². The monoisotopic (exact) mass is 323 g/mol. The molecular formula is C19H21N3O2. The van der Waals surface area contributed by atoms with Crippen molar-refractivity contribution >= 4 is 11.7 Å². The maximum absolute atomic E-state index is 12.7. The van der Waals surface area contributed by atoms with Crippen LogP contribution in [0.15, 0.2) is 36.4 Å². The Kier molecular flexibility index (Phi) is 4.02. The number of carbonyl (C=O) groups excluding carboxylic acids is 1. The molecule has 2 atom stereocenters. The van der Waals surface area contributed by atoms with Crippen LogP contribution in [-0.4, -0.2) is 28.6 Å². The van der Waals surface area contributed by atoms with E-state index in [-0.39, 0.29) is 17.9 Å². The first kappa shape index (κ1) is 15.3. The van der Waals surface area contributed by atoms with Gasteiger partial charge in [-0.2, -0.15) is 0 Å². The summed E-state index contributed by atoms with van der Waals surface area (Å²) >= 11 is 0. The first-order valence-corrected chi connectivity index (χ1v) is 8.54. The van der Waals surface area contributed by atoms with E-state index in [1.165, 1.54) is 12.8 Å². The Morgan fingerprint density at radius 2 is 1.96 bits per heavy atom. The van der Waals surface area contributed by atoms with Crippen molar-refractivity contribution in [2.24, 2.45) is 11.8 Å². The molecule has 1 aromatic carbocycles. The van der Waals surface area contributed by atoms with Gasteiger partial charge in [-0.25, -0.2) is 9.97 Å². The van der Waals surface area contributed by atoms with Crippen LogP contribution in [0.2, 0.25) is 0 Å². The SMILES string of the molecule is Cc1cc(NC(=O)[C@@H]2CCO[C@H]2C2CC2)nc(-c2ccccc2)n1. The molecule has 5 nitrogen and oxygen atoms in total. The molecule has 2 aliphatic rings. The molecule has 0 radical (unpaired) electrons. The molecule has 24 heavy (non-hydrogen) atoms. The molecule has 2 heterocycles. The minimum atomic E-state index is -0.0621. The van der Waals surface area contributed by atoms with Crippen molar-refractivity contribution in [3.05, 3.63) is 42.1 Å². The van der Waals surface area contributed by atoms with E-state index in [2.05, 4.69) is 15.3 Å². The van der Waals surface area contributed by atoms with Crippen LogP contribution in [0.4, 0.5) is 5.82 Å². The average molecular weight is 323 g/mol. The predicted octanol–water partition coefficient (Wildman–Crippen LogP) is 3.21. The molecule has 0 spiro atoms. The molecule has 4 rings (SSSR count). The Morgan fingerprint density at radius 3 is 2.71 bits per heavy atom. The molecule has 0 bridgehead atoms. The number of ether oxygens (including phenoxy) is 1. The number of anilines is 1. The van der Waals surface area contributed by atoms with Crippen molar-refractivity contribution < 1.29 is 9.53 Å². The lowest BCUT2D eigenvalue weighted by Crippen LogP contribution is -2.31. The van der Waals surface area contributed by atoms with Crippen LogP contribution in [0.25, 0.3) is 11.4 Å². The highest BCUT2D eigenvalue weighted by Crippen LogP contribution is 2.41. The highest BCUT2D eigenvalue weighted by Gasteiger charge is 2.43. The second kappa shape index (κ2) is 6.32. The summed E-state index contributed by atoms with van der Waals surface area (Å²) in [4.78, 5) is 21.7. The maximum atomic E-state index is 12.7. The zero-order valence-corrected chi connectivity index (χ0v) is 13.7. The van der Waals surface area contributed by atoms with Crippen molar-refractivity contribution in [3.8, 4) is 11.4 Å². The van der Waals surface area contributed by atoms with Gasteiger partial charge in [0.1, 0.15) is 5.82 Å². The highest BCUT2D eigenvalue weighted by molar-refractivity contribution is 5.92. The van der Waals surface area contributed by atoms with Crippen LogP contribution in [0.3, 0.4) is 0 Å². The number of rotatable bonds is 4. The molecule has 1 aliphatic heterocycles. The molecule has 1 saturated carbocycles. The molecular weight excluding hydrogens is 302 g/mol. The summed E-state index contributed by atoms with van der Waals surface area (Å²) in [5.41, 5.74) is 1.78. The van der Waals surface area contributed by atoms with E-state index >= 15 is 0 Å².